The van der Waals surface area contributed by atoms with Crippen molar-refractivity contribution < 1.29 is 14.3 Å². The van der Waals surface area contributed by atoms with Gasteiger partial charge in [-0.1, -0.05) is 30.3 Å². The van der Waals surface area contributed by atoms with Gasteiger partial charge < -0.3 is 19.4 Å². The Morgan fingerprint density at radius 1 is 1.06 bits per heavy atom. The number of para-hydroxylation sites is 1. The Balaban J connectivity index is 1.46. The van der Waals surface area contributed by atoms with Crippen LogP contribution >= 0.6 is 11.3 Å². The summed E-state index contributed by atoms with van der Waals surface area (Å²) in [5, 5.41) is 6.37. The van der Waals surface area contributed by atoms with Gasteiger partial charge in [0, 0.05) is 47.9 Å². The van der Waals surface area contributed by atoms with Gasteiger partial charge in [-0.15, -0.1) is 11.3 Å². The zero-order valence-corrected chi connectivity index (χ0v) is 19.4. The van der Waals surface area contributed by atoms with Gasteiger partial charge >= 0.3 is 0 Å². The van der Waals surface area contributed by atoms with Crippen molar-refractivity contribution in [3.8, 4) is 11.5 Å². The molecule has 0 aliphatic heterocycles. The molecule has 2 aromatic heterocycles. The number of rotatable bonds is 9. The van der Waals surface area contributed by atoms with Crippen molar-refractivity contribution in [2.24, 2.45) is 7.05 Å². The molecule has 1 unspecified atom stereocenters. The topological polar surface area (TPSA) is 52.5 Å². The molecule has 1 atom stereocenters. The third kappa shape index (κ3) is 4.65. The molecule has 1 amide bonds. The normalized spacial score (nSPS) is 12.0. The van der Waals surface area contributed by atoms with Crippen molar-refractivity contribution in [1.82, 2.24) is 9.88 Å². The monoisotopic (exact) mass is 448 g/mol. The van der Waals surface area contributed by atoms with Crippen LogP contribution in [-0.4, -0.2) is 31.2 Å². The van der Waals surface area contributed by atoms with Gasteiger partial charge in [0.25, 0.3) is 0 Å². The molecule has 5 nitrogen and oxygen atoms in total. The maximum absolute atomic E-state index is 12.9. The minimum Gasteiger partial charge on any atom is -0.493 e. The summed E-state index contributed by atoms with van der Waals surface area (Å²) in [6.07, 6.45) is 3.30. The second-order valence-electron chi connectivity index (χ2n) is 7.77. The molecule has 0 bridgehead atoms. The Kier molecular flexibility index (Phi) is 6.81. The highest BCUT2D eigenvalue weighted by Gasteiger charge is 2.23. The number of nitrogens with one attached hydrogen (secondary N) is 1. The summed E-state index contributed by atoms with van der Waals surface area (Å²) in [6.45, 7) is 0.570. The number of carbonyl (C=O) groups excluding carboxylic acids is 1. The first-order valence-electron chi connectivity index (χ1n) is 10.7. The third-order valence-corrected chi connectivity index (χ3v) is 6.75. The standard InChI is InChI=1S/C26H28N2O3S/c1-28-17-21(19-7-4-5-8-22(19)28)20(25-9-6-14-32-25)16-26(29)27-13-12-18-10-11-23(30-2)24(15-18)31-3/h4-11,14-15,17,20H,12-13,16H2,1-3H3,(H,27,29). The van der Waals surface area contributed by atoms with E-state index in [1.807, 2.05) is 30.3 Å². The smallest absolute Gasteiger partial charge is 0.220 e. The van der Waals surface area contributed by atoms with Crippen LogP contribution in [0.4, 0.5) is 0 Å². The molecule has 0 aliphatic rings. The quantitative estimate of drug-likeness (QED) is 0.386. The highest BCUT2D eigenvalue weighted by Crippen LogP contribution is 2.36. The van der Waals surface area contributed by atoms with E-state index in [9.17, 15) is 4.79 Å². The van der Waals surface area contributed by atoms with Gasteiger partial charge in [0.05, 0.1) is 14.2 Å². The molecule has 2 heterocycles. The average Bonchev–Trinajstić information content (AvgIpc) is 3.46. The minimum absolute atomic E-state index is 0.0298. The molecular formula is C26H28N2O3S. The van der Waals surface area contributed by atoms with E-state index in [0.717, 1.165) is 12.0 Å². The summed E-state index contributed by atoms with van der Waals surface area (Å²) < 4.78 is 12.8. The van der Waals surface area contributed by atoms with Gasteiger partial charge in [-0.25, -0.2) is 0 Å². The van der Waals surface area contributed by atoms with E-state index in [-0.39, 0.29) is 11.8 Å². The van der Waals surface area contributed by atoms with Crippen molar-refractivity contribution in [3.63, 3.8) is 0 Å². The Morgan fingerprint density at radius 3 is 2.62 bits per heavy atom. The van der Waals surface area contributed by atoms with Crippen LogP contribution in [0.2, 0.25) is 0 Å². The summed E-state index contributed by atoms with van der Waals surface area (Å²) in [7, 11) is 5.31. The zero-order chi connectivity index (χ0) is 22.5. The molecule has 2 aromatic carbocycles. The highest BCUT2D eigenvalue weighted by molar-refractivity contribution is 7.10. The van der Waals surface area contributed by atoms with E-state index in [1.165, 1.54) is 21.3 Å². The molecular weight excluding hydrogens is 420 g/mol. The maximum atomic E-state index is 12.9. The van der Waals surface area contributed by atoms with E-state index in [1.54, 1.807) is 25.6 Å². The molecule has 0 saturated carbocycles. The van der Waals surface area contributed by atoms with Crippen molar-refractivity contribution >= 4 is 28.1 Å². The van der Waals surface area contributed by atoms with E-state index in [4.69, 9.17) is 9.47 Å². The first-order valence-corrected chi connectivity index (χ1v) is 11.5. The van der Waals surface area contributed by atoms with Crippen LogP contribution < -0.4 is 14.8 Å². The van der Waals surface area contributed by atoms with Crippen molar-refractivity contribution in [2.75, 3.05) is 20.8 Å². The molecule has 6 heteroatoms. The van der Waals surface area contributed by atoms with Gasteiger partial charge in [-0.05, 0) is 47.2 Å². The van der Waals surface area contributed by atoms with Gasteiger partial charge in [0.2, 0.25) is 5.91 Å². The summed E-state index contributed by atoms with van der Waals surface area (Å²) in [5.41, 5.74) is 3.46. The Labute approximate surface area is 192 Å². The maximum Gasteiger partial charge on any atom is 0.220 e. The highest BCUT2D eigenvalue weighted by atomic mass is 32.1. The van der Waals surface area contributed by atoms with Gasteiger partial charge in [-0.3, -0.25) is 4.79 Å². The fraction of sp³-hybridized carbons (Fsp3) is 0.269. The lowest BCUT2D eigenvalue weighted by Gasteiger charge is -2.15. The minimum atomic E-state index is 0.0298. The molecule has 32 heavy (non-hydrogen) atoms. The number of hydrogen-bond donors (Lipinski definition) is 1. The summed E-state index contributed by atoms with van der Waals surface area (Å²) >= 11 is 1.70. The zero-order valence-electron chi connectivity index (χ0n) is 18.6. The fourth-order valence-corrected chi connectivity index (χ4v) is 4.99. The Morgan fingerprint density at radius 2 is 1.88 bits per heavy atom. The summed E-state index contributed by atoms with van der Waals surface area (Å²) in [5.74, 6) is 1.48. The van der Waals surface area contributed by atoms with Crippen LogP contribution in [0.25, 0.3) is 10.9 Å². The summed E-state index contributed by atoms with van der Waals surface area (Å²) in [4.78, 5) is 14.1. The molecule has 0 spiro atoms. The van der Waals surface area contributed by atoms with Crippen molar-refractivity contribution in [3.05, 3.63) is 82.2 Å². The number of fused-ring (bicyclic) bond motifs is 1. The largest absolute Gasteiger partial charge is 0.493 e. The van der Waals surface area contributed by atoms with Crippen LogP contribution in [0.15, 0.2) is 66.2 Å². The second kappa shape index (κ2) is 9.92. The molecule has 4 aromatic rings. The van der Waals surface area contributed by atoms with E-state index < -0.39 is 0 Å². The predicted molar refractivity (Wildman–Crippen MR) is 130 cm³/mol. The fourth-order valence-electron chi connectivity index (χ4n) is 4.14. The van der Waals surface area contributed by atoms with E-state index >= 15 is 0 Å². The Hall–Kier alpha value is -3.25. The van der Waals surface area contributed by atoms with Crippen LogP contribution in [0.3, 0.4) is 0 Å². The number of carbonyl (C=O) groups is 1. The molecule has 4 rings (SSSR count). The summed E-state index contributed by atoms with van der Waals surface area (Å²) in [6, 6.07) is 18.4. The predicted octanol–water partition coefficient (Wildman–Crippen LogP) is 5.14. The molecule has 0 aliphatic carbocycles. The first kappa shape index (κ1) is 22.0. The third-order valence-electron chi connectivity index (χ3n) is 5.76. The van der Waals surface area contributed by atoms with Crippen molar-refractivity contribution in [2.45, 2.75) is 18.8 Å². The van der Waals surface area contributed by atoms with Crippen molar-refractivity contribution in [1.29, 1.82) is 0 Å². The van der Waals surface area contributed by atoms with Gasteiger partial charge in [-0.2, -0.15) is 0 Å². The second-order valence-corrected chi connectivity index (χ2v) is 8.75. The SMILES string of the molecule is COc1ccc(CCNC(=O)CC(c2cccs2)c2cn(C)c3ccccc23)cc1OC. The van der Waals surface area contributed by atoms with Crippen LogP contribution in [-0.2, 0) is 18.3 Å². The van der Waals surface area contributed by atoms with E-state index in [2.05, 4.69) is 52.8 Å². The number of nitrogens with zero attached hydrogens (tertiary/aromatic N) is 1. The average molecular weight is 449 g/mol. The number of ether oxygens (including phenoxy) is 2. The number of benzene rings is 2. The van der Waals surface area contributed by atoms with Crippen LogP contribution in [0.5, 0.6) is 11.5 Å². The molecule has 1 N–H and O–H groups in total. The number of hydrogen-bond acceptors (Lipinski definition) is 4. The van der Waals surface area contributed by atoms with E-state index in [0.29, 0.717) is 24.5 Å². The lowest BCUT2D eigenvalue weighted by atomic mass is 9.93. The molecule has 0 fully saturated rings. The number of aryl methyl sites for hydroxylation is 1. The number of aromatic nitrogens is 1. The lowest BCUT2D eigenvalue weighted by molar-refractivity contribution is -0.121. The number of amides is 1. The molecule has 0 saturated heterocycles. The molecule has 0 radical (unpaired) electrons. The van der Waals surface area contributed by atoms with Gasteiger partial charge in [0.1, 0.15) is 0 Å². The number of thiophene rings is 1. The lowest BCUT2D eigenvalue weighted by Crippen LogP contribution is -2.27. The van der Waals surface area contributed by atoms with Crippen LogP contribution in [0.1, 0.15) is 28.3 Å². The first-order chi connectivity index (χ1) is 15.6. The molecule has 166 valence electrons. The number of methoxy groups -OCH3 is 2. The van der Waals surface area contributed by atoms with Crippen LogP contribution in [0, 0.1) is 0 Å². The Bertz CT molecular complexity index is 1200. The van der Waals surface area contributed by atoms with Gasteiger partial charge in [0.15, 0.2) is 11.5 Å².